The van der Waals surface area contributed by atoms with Crippen LogP contribution in [0.3, 0.4) is 0 Å². The van der Waals surface area contributed by atoms with E-state index in [9.17, 15) is 9.90 Å². The van der Waals surface area contributed by atoms with Gasteiger partial charge in [-0.2, -0.15) is 0 Å². The highest BCUT2D eigenvalue weighted by atomic mass is 16.3. The molecule has 1 saturated heterocycles. The van der Waals surface area contributed by atoms with Crippen molar-refractivity contribution in [1.29, 1.82) is 0 Å². The van der Waals surface area contributed by atoms with Crippen LogP contribution in [0.25, 0.3) is 0 Å². The zero-order valence-corrected chi connectivity index (χ0v) is 18.0. The van der Waals surface area contributed by atoms with Crippen molar-refractivity contribution in [2.75, 3.05) is 19.6 Å². The van der Waals surface area contributed by atoms with E-state index in [0.717, 1.165) is 32.5 Å². The second-order valence-electron chi connectivity index (χ2n) is 10.0. The molecule has 4 rings (SSSR count). The first-order valence-electron chi connectivity index (χ1n) is 11.1. The Morgan fingerprint density at radius 2 is 2.03 bits per heavy atom. The van der Waals surface area contributed by atoms with Crippen LogP contribution in [0.2, 0.25) is 0 Å². The number of hydrogen-bond donors (Lipinski definition) is 2. The quantitative estimate of drug-likeness (QED) is 0.764. The van der Waals surface area contributed by atoms with E-state index in [0.29, 0.717) is 22.9 Å². The lowest BCUT2D eigenvalue weighted by Crippen LogP contribution is -2.49. The van der Waals surface area contributed by atoms with Gasteiger partial charge < -0.3 is 10.4 Å². The van der Waals surface area contributed by atoms with Gasteiger partial charge in [0, 0.05) is 25.8 Å². The molecule has 0 unspecified atom stereocenters. The molecular formula is C24H35N3O2. The van der Waals surface area contributed by atoms with Crippen molar-refractivity contribution >= 4 is 5.91 Å². The number of aliphatic hydroxyl groups excluding tert-OH is 1. The largest absolute Gasteiger partial charge is 0.391 e. The van der Waals surface area contributed by atoms with E-state index in [1.165, 1.54) is 19.3 Å². The number of nitrogens with zero attached hydrogens (tertiary/aromatic N) is 2. The Balaban J connectivity index is 1.38. The number of carbonyl (C=O) groups is 1. The first-order valence-corrected chi connectivity index (χ1v) is 11.1. The van der Waals surface area contributed by atoms with Crippen LogP contribution < -0.4 is 5.32 Å². The Morgan fingerprint density at radius 3 is 2.72 bits per heavy atom. The molecule has 4 atom stereocenters. The van der Waals surface area contributed by atoms with Gasteiger partial charge in [0.1, 0.15) is 5.69 Å². The van der Waals surface area contributed by atoms with Crippen LogP contribution in [0, 0.1) is 17.3 Å². The fraction of sp³-hybridized carbons (Fsp3) is 0.667. The highest BCUT2D eigenvalue weighted by Crippen LogP contribution is 2.42. The molecule has 0 bridgehead atoms. The zero-order chi connectivity index (χ0) is 20.6. The fourth-order valence-corrected chi connectivity index (χ4v) is 5.80. The Kier molecular flexibility index (Phi) is 5.80. The molecule has 5 heteroatoms. The minimum Gasteiger partial charge on any atom is -0.391 e. The molecule has 2 aliphatic carbocycles. The maximum atomic E-state index is 12.5. The van der Waals surface area contributed by atoms with Gasteiger partial charge in [-0.15, -0.1) is 0 Å². The molecule has 0 radical (unpaired) electrons. The van der Waals surface area contributed by atoms with Crippen LogP contribution in [0.15, 0.2) is 35.5 Å². The highest BCUT2D eigenvalue weighted by Gasteiger charge is 2.43. The van der Waals surface area contributed by atoms with E-state index in [1.807, 2.05) is 6.07 Å². The SMILES string of the molecule is CC1=C(CN2C[C@H]3C[C@H](O)[C@@H](NC(=O)c4ccccn4)C[C@H]3C2)C(C)(C)CCC1. The van der Waals surface area contributed by atoms with E-state index < -0.39 is 6.10 Å². The van der Waals surface area contributed by atoms with Crippen molar-refractivity contribution in [1.82, 2.24) is 15.2 Å². The molecule has 1 aromatic rings. The fourth-order valence-electron chi connectivity index (χ4n) is 5.80. The number of likely N-dealkylation sites (tertiary alicyclic amines) is 1. The van der Waals surface area contributed by atoms with Gasteiger partial charge in [-0.1, -0.05) is 31.1 Å². The van der Waals surface area contributed by atoms with E-state index >= 15 is 0 Å². The van der Waals surface area contributed by atoms with Crippen LogP contribution in [-0.4, -0.2) is 52.7 Å². The number of rotatable bonds is 4. The number of nitrogens with one attached hydrogen (secondary N) is 1. The summed E-state index contributed by atoms with van der Waals surface area (Å²) in [6.45, 7) is 10.3. The number of amides is 1. The number of aromatic nitrogens is 1. The highest BCUT2D eigenvalue weighted by molar-refractivity contribution is 5.92. The average Bonchev–Trinajstić information content (AvgIpc) is 3.07. The molecule has 1 amide bonds. The van der Waals surface area contributed by atoms with Crippen LogP contribution in [0.5, 0.6) is 0 Å². The maximum Gasteiger partial charge on any atom is 0.270 e. The van der Waals surface area contributed by atoms with Crippen LogP contribution in [0.4, 0.5) is 0 Å². The standard InChI is InChI=1S/C24H35N3O2/c1-16-7-6-9-24(2,3)19(16)15-27-13-17-11-21(22(28)12-18(17)14-27)26-23(29)20-8-4-5-10-25-20/h4-5,8,10,17-18,21-22,28H,6-7,9,11-15H2,1-3H3,(H,26,29)/t17-,18+,21-,22-/m0/s1. The van der Waals surface area contributed by atoms with Gasteiger partial charge in [0.25, 0.3) is 5.91 Å². The normalized spacial score (nSPS) is 32.1. The second kappa shape index (κ2) is 8.19. The zero-order valence-electron chi connectivity index (χ0n) is 18.0. The van der Waals surface area contributed by atoms with E-state index in [1.54, 1.807) is 29.5 Å². The number of aliphatic hydroxyl groups is 1. The number of carbonyl (C=O) groups excluding carboxylic acids is 1. The summed E-state index contributed by atoms with van der Waals surface area (Å²) in [5, 5.41) is 13.7. The van der Waals surface area contributed by atoms with Gasteiger partial charge in [-0.05, 0) is 68.4 Å². The first kappa shape index (κ1) is 20.5. The Labute approximate surface area is 174 Å². The third kappa shape index (κ3) is 4.41. The lowest BCUT2D eigenvalue weighted by atomic mass is 9.72. The summed E-state index contributed by atoms with van der Waals surface area (Å²) < 4.78 is 0. The van der Waals surface area contributed by atoms with Crippen LogP contribution >= 0.6 is 0 Å². The van der Waals surface area contributed by atoms with Gasteiger partial charge in [0.05, 0.1) is 12.1 Å². The minimum absolute atomic E-state index is 0.183. The summed E-state index contributed by atoms with van der Waals surface area (Å²) in [7, 11) is 0. The number of hydrogen-bond acceptors (Lipinski definition) is 4. The lowest BCUT2D eigenvalue weighted by Gasteiger charge is -2.36. The summed E-state index contributed by atoms with van der Waals surface area (Å²) in [6.07, 6.45) is 6.59. The number of allylic oxidation sites excluding steroid dienone is 1. The number of pyridine rings is 1. The second-order valence-corrected chi connectivity index (χ2v) is 10.0. The molecule has 1 aliphatic heterocycles. The summed E-state index contributed by atoms with van der Waals surface area (Å²) in [6, 6.07) is 5.15. The van der Waals surface area contributed by atoms with E-state index in [4.69, 9.17) is 0 Å². The van der Waals surface area contributed by atoms with Crippen molar-refractivity contribution in [3.8, 4) is 0 Å². The molecule has 1 saturated carbocycles. The topological polar surface area (TPSA) is 65.5 Å². The van der Waals surface area contributed by atoms with Gasteiger partial charge >= 0.3 is 0 Å². The molecule has 1 aromatic heterocycles. The predicted molar refractivity (Wildman–Crippen MR) is 114 cm³/mol. The summed E-state index contributed by atoms with van der Waals surface area (Å²) in [5.74, 6) is 0.883. The summed E-state index contributed by atoms with van der Waals surface area (Å²) in [4.78, 5) is 19.2. The molecular weight excluding hydrogens is 362 g/mol. The maximum absolute atomic E-state index is 12.5. The van der Waals surface area contributed by atoms with Crippen molar-refractivity contribution in [3.63, 3.8) is 0 Å². The molecule has 2 fully saturated rings. The Bertz CT molecular complexity index is 774. The first-order chi connectivity index (χ1) is 13.8. The van der Waals surface area contributed by atoms with Crippen LogP contribution in [0.1, 0.15) is 63.4 Å². The molecule has 29 heavy (non-hydrogen) atoms. The van der Waals surface area contributed by atoms with E-state index in [-0.39, 0.29) is 11.9 Å². The van der Waals surface area contributed by atoms with Gasteiger partial charge in [-0.3, -0.25) is 14.7 Å². The Morgan fingerprint density at radius 1 is 1.28 bits per heavy atom. The molecule has 5 nitrogen and oxygen atoms in total. The lowest BCUT2D eigenvalue weighted by molar-refractivity contribution is 0.0460. The van der Waals surface area contributed by atoms with Gasteiger partial charge in [-0.25, -0.2) is 0 Å². The third-order valence-electron chi connectivity index (χ3n) is 7.50. The predicted octanol–water partition coefficient (Wildman–Crippen LogP) is 3.41. The number of fused-ring (bicyclic) bond motifs is 1. The van der Waals surface area contributed by atoms with Crippen molar-refractivity contribution in [2.24, 2.45) is 17.3 Å². The van der Waals surface area contributed by atoms with Gasteiger partial charge in [0.15, 0.2) is 0 Å². The van der Waals surface area contributed by atoms with Gasteiger partial charge in [0.2, 0.25) is 0 Å². The molecule has 2 heterocycles. The molecule has 3 aliphatic rings. The summed E-state index contributed by atoms with van der Waals surface area (Å²) in [5.41, 5.74) is 3.92. The average molecular weight is 398 g/mol. The van der Waals surface area contributed by atoms with Crippen molar-refractivity contribution < 1.29 is 9.90 Å². The molecule has 0 spiro atoms. The molecule has 2 N–H and O–H groups in total. The molecule has 158 valence electrons. The molecule has 0 aromatic carbocycles. The smallest absolute Gasteiger partial charge is 0.270 e. The minimum atomic E-state index is -0.476. The van der Waals surface area contributed by atoms with Crippen molar-refractivity contribution in [2.45, 2.75) is 65.0 Å². The van der Waals surface area contributed by atoms with Crippen LogP contribution in [-0.2, 0) is 0 Å². The Hall–Kier alpha value is -1.72. The van der Waals surface area contributed by atoms with E-state index in [2.05, 4.69) is 36.0 Å². The monoisotopic (exact) mass is 397 g/mol. The summed E-state index contributed by atoms with van der Waals surface area (Å²) >= 11 is 0. The third-order valence-corrected chi connectivity index (χ3v) is 7.50. The van der Waals surface area contributed by atoms with Crippen molar-refractivity contribution in [3.05, 3.63) is 41.2 Å².